The van der Waals surface area contributed by atoms with Gasteiger partial charge in [-0.3, -0.25) is 4.79 Å². The quantitative estimate of drug-likeness (QED) is 0.895. The van der Waals surface area contributed by atoms with Crippen LogP contribution in [0.4, 0.5) is 0 Å². The van der Waals surface area contributed by atoms with Gasteiger partial charge < -0.3 is 10.4 Å². The summed E-state index contributed by atoms with van der Waals surface area (Å²) in [6.07, 6.45) is 0. The number of carbonyl (C=O) groups is 1. The number of hydrogen-bond donors (Lipinski definition) is 2. The second kappa shape index (κ2) is 4.97. The Morgan fingerprint density at radius 1 is 1.50 bits per heavy atom. The molecule has 0 atom stereocenters. The van der Waals surface area contributed by atoms with E-state index in [0.29, 0.717) is 5.56 Å². The van der Waals surface area contributed by atoms with Gasteiger partial charge in [0.05, 0.1) is 11.2 Å². The fraction of sp³-hybridized carbons (Fsp3) is 0.417. The molecule has 0 aromatic heterocycles. The molecule has 0 unspecified atom stereocenters. The molecule has 0 aliphatic heterocycles. The van der Waals surface area contributed by atoms with Crippen LogP contribution in [0, 0.1) is 6.92 Å². The minimum absolute atomic E-state index is 0.183. The second-order valence-electron chi connectivity index (χ2n) is 4.48. The van der Waals surface area contributed by atoms with Crippen molar-refractivity contribution >= 4 is 21.8 Å². The molecular formula is C12H16BrNO2. The van der Waals surface area contributed by atoms with E-state index >= 15 is 0 Å². The predicted molar refractivity (Wildman–Crippen MR) is 67.5 cm³/mol. The number of rotatable bonds is 3. The zero-order chi connectivity index (χ0) is 12.3. The van der Waals surface area contributed by atoms with Crippen LogP contribution in [0.15, 0.2) is 22.7 Å². The lowest BCUT2D eigenvalue weighted by atomic mass is 10.1. The van der Waals surface area contributed by atoms with Gasteiger partial charge in [0.1, 0.15) is 0 Å². The molecular weight excluding hydrogens is 270 g/mol. The minimum Gasteiger partial charge on any atom is -0.389 e. The van der Waals surface area contributed by atoms with Crippen LogP contribution < -0.4 is 5.32 Å². The molecule has 0 fully saturated rings. The summed E-state index contributed by atoms with van der Waals surface area (Å²) in [5.41, 5.74) is 0.715. The molecule has 0 aliphatic rings. The number of hydrogen-bond acceptors (Lipinski definition) is 2. The van der Waals surface area contributed by atoms with Crippen molar-refractivity contribution in [3.8, 4) is 0 Å². The normalized spacial score (nSPS) is 11.3. The third kappa shape index (κ3) is 3.94. The number of benzene rings is 1. The fourth-order valence-corrected chi connectivity index (χ4v) is 1.63. The minimum atomic E-state index is -0.897. The Morgan fingerprint density at radius 3 is 2.69 bits per heavy atom. The highest BCUT2D eigenvalue weighted by Gasteiger charge is 2.16. The molecule has 0 saturated carbocycles. The number of carbonyl (C=O) groups excluding carboxylic acids is 1. The van der Waals surface area contributed by atoms with Crippen LogP contribution >= 0.6 is 15.9 Å². The van der Waals surface area contributed by atoms with Gasteiger partial charge >= 0.3 is 0 Å². The molecule has 0 radical (unpaired) electrons. The van der Waals surface area contributed by atoms with E-state index in [1.807, 2.05) is 25.1 Å². The first-order valence-electron chi connectivity index (χ1n) is 5.06. The molecule has 1 aromatic carbocycles. The summed E-state index contributed by atoms with van der Waals surface area (Å²) in [6, 6.07) is 5.58. The molecule has 0 heterocycles. The Labute approximate surface area is 104 Å². The van der Waals surface area contributed by atoms with Gasteiger partial charge in [-0.2, -0.15) is 0 Å². The van der Waals surface area contributed by atoms with E-state index in [-0.39, 0.29) is 12.5 Å². The lowest BCUT2D eigenvalue weighted by molar-refractivity contribution is 0.0694. The molecule has 3 nitrogen and oxygen atoms in total. The zero-order valence-corrected chi connectivity index (χ0v) is 11.3. The highest BCUT2D eigenvalue weighted by Crippen LogP contribution is 2.18. The van der Waals surface area contributed by atoms with Crippen molar-refractivity contribution in [1.82, 2.24) is 5.32 Å². The molecule has 4 heteroatoms. The van der Waals surface area contributed by atoms with Gasteiger partial charge in [0.25, 0.3) is 5.91 Å². The Morgan fingerprint density at radius 2 is 2.12 bits per heavy atom. The summed E-state index contributed by atoms with van der Waals surface area (Å²) in [5.74, 6) is -0.183. The van der Waals surface area contributed by atoms with Crippen LogP contribution in [0.3, 0.4) is 0 Å². The largest absolute Gasteiger partial charge is 0.389 e. The van der Waals surface area contributed by atoms with Crippen LogP contribution in [0.2, 0.25) is 0 Å². The Bertz CT molecular complexity index is 396. The SMILES string of the molecule is Cc1ccc(Br)c(C(=O)NCC(C)(C)O)c1. The van der Waals surface area contributed by atoms with Gasteiger partial charge in [0.2, 0.25) is 0 Å². The summed E-state index contributed by atoms with van der Waals surface area (Å²) in [4.78, 5) is 11.8. The zero-order valence-electron chi connectivity index (χ0n) is 9.67. The Hall–Kier alpha value is -0.870. The van der Waals surface area contributed by atoms with Gasteiger partial charge in [-0.15, -0.1) is 0 Å². The van der Waals surface area contributed by atoms with E-state index in [4.69, 9.17) is 0 Å². The number of nitrogens with one attached hydrogen (secondary N) is 1. The van der Waals surface area contributed by atoms with Crippen molar-refractivity contribution in [2.45, 2.75) is 26.4 Å². The van der Waals surface area contributed by atoms with E-state index in [0.717, 1.165) is 10.0 Å². The van der Waals surface area contributed by atoms with Crippen LogP contribution in [0.5, 0.6) is 0 Å². The first-order valence-corrected chi connectivity index (χ1v) is 5.85. The molecule has 1 rings (SSSR count). The molecule has 2 N–H and O–H groups in total. The van der Waals surface area contributed by atoms with Crippen LogP contribution in [0.1, 0.15) is 29.8 Å². The number of amides is 1. The molecule has 0 bridgehead atoms. The summed E-state index contributed by atoms with van der Waals surface area (Å²) < 4.78 is 0.756. The molecule has 0 aliphatic carbocycles. The first-order chi connectivity index (χ1) is 7.29. The smallest absolute Gasteiger partial charge is 0.252 e. The van der Waals surface area contributed by atoms with Crippen LogP contribution in [0.25, 0.3) is 0 Å². The molecule has 1 aromatic rings. The van der Waals surface area contributed by atoms with Gasteiger partial charge in [-0.05, 0) is 48.8 Å². The van der Waals surface area contributed by atoms with Crippen molar-refractivity contribution in [2.75, 3.05) is 6.54 Å². The maximum Gasteiger partial charge on any atom is 0.252 e. The van der Waals surface area contributed by atoms with E-state index in [9.17, 15) is 9.90 Å². The monoisotopic (exact) mass is 285 g/mol. The maximum atomic E-state index is 11.8. The summed E-state index contributed by atoms with van der Waals surface area (Å²) in [7, 11) is 0. The van der Waals surface area contributed by atoms with E-state index in [1.165, 1.54) is 0 Å². The van der Waals surface area contributed by atoms with Crippen molar-refractivity contribution < 1.29 is 9.90 Å². The summed E-state index contributed by atoms with van der Waals surface area (Å²) >= 11 is 3.33. The molecule has 0 spiro atoms. The highest BCUT2D eigenvalue weighted by molar-refractivity contribution is 9.10. The van der Waals surface area contributed by atoms with Crippen molar-refractivity contribution in [3.05, 3.63) is 33.8 Å². The Balaban J connectivity index is 2.77. The highest BCUT2D eigenvalue weighted by atomic mass is 79.9. The maximum absolute atomic E-state index is 11.8. The van der Waals surface area contributed by atoms with Crippen molar-refractivity contribution in [3.63, 3.8) is 0 Å². The van der Waals surface area contributed by atoms with Gasteiger partial charge in [-0.25, -0.2) is 0 Å². The summed E-state index contributed by atoms with van der Waals surface area (Å²) in [5, 5.41) is 12.2. The van der Waals surface area contributed by atoms with Gasteiger partial charge in [0.15, 0.2) is 0 Å². The van der Waals surface area contributed by atoms with Crippen molar-refractivity contribution in [2.24, 2.45) is 0 Å². The molecule has 88 valence electrons. The van der Waals surface area contributed by atoms with E-state index in [2.05, 4.69) is 21.2 Å². The standard InChI is InChI=1S/C12H16BrNO2/c1-8-4-5-10(13)9(6-8)11(15)14-7-12(2,3)16/h4-6,16H,7H2,1-3H3,(H,14,15). The van der Waals surface area contributed by atoms with Gasteiger partial charge in [-0.1, -0.05) is 11.6 Å². The number of aliphatic hydroxyl groups is 1. The average Bonchev–Trinajstić information content (AvgIpc) is 2.17. The predicted octanol–water partition coefficient (Wildman–Crippen LogP) is 2.26. The number of halogens is 1. The molecule has 1 amide bonds. The lowest BCUT2D eigenvalue weighted by Gasteiger charge is -2.18. The van der Waals surface area contributed by atoms with E-state index in [1.54, 1.807) is 13.8 Å². The fourth-order valence-electron chi connectivity index (χ4n) is 1.20. The third-order valence-electron chi connectivity index (χ3n) is 2.05. The average molecular weight is 286 g/mol. The van der Waals surface area contributed by atoms with Crippen LogP contribution in [-0.4, -0.2) is 23.2 Å². The second-order valence-corrected chi connectivity index (χ2v) is 5.33. The first kappa shape index (κ1) is 13.2. The third-order valence-corrected chi connectivity index (χ3v) is 2.74. The van der Waals surface area contributed by atoms with E-state index < -0.39 is 5.60 Å². The summed E-state index contributed by atoms with van der Waals surface area (Å²) in [6.45, 7) is 5.46. The van der Waals surface area contributed by atoms with Crippen LogP contribution in [-0.2, 0) is 0 Å². The molecule has 16 heavy (non-hydrogen) atoms. The van der Waals surface area contributed by atoms with Crippen molar-refractivity contribution in [1.29, 1.82) is 0 Å². The molecule has 0 saturated heterocycles. The van der Waals surface area contributed by atoms with Gasteiger partial charge in [0, 0.05) is 11.0 Å². The topological polar surface area (TPSA) is 49.3 Å². The lowest BCUT2D eigenvalue weighted by Crippen LogP contribution is -2.38. The Kier molecular flexibility index (Phi) is 4.10. The number of aryl methyl sites for hydroxylation is 1.